The Morgan fingerprint density at radius 3 is 2.65 bits per heavy atom. The summed E-state index contributed by atoms with van der Waals surface area (Å²) in [7, 11) is 0. The van der Waals surface area contributed by atoms with Crippen LogP contribution in [0.25, 0.3) is 11.4 Å². The van der Waals surface area contributed by atoms with Crippen LogP contribution in [0.5, 0.6) is 0 Å². The molecule has 3 rings (SSSR count). The molecule has 2 aromatic carbocycles. The molecule has 0 aliphatic rings. The molecule has 0 fully saturated rings. The van der Waals surface area contributed by atoms with Crippen molar-refractivity contribution >= 4 is 34.7 Å². The van der Waals surface area contributed by atoms with E-state index in [-0.39, 0.29) is 22.8 Å². The number of hydrogen-bond donors (Lipinski definition) is 0. The molecule has 26 heavy (non-hydrogen) atoms. The van der Waals surface area contributed by atoms with Crippen molar-refractivity contribution in [1.29, 1.82) is 0 Å². The van der Waals surface area contributed by atoms with Crippen molar-refractivity contribution in [3.63, 3.8) is 0 Å². The number of Topliss-reactive ketones (excluding diaryl/α,β-unsaturated/α-hetero) is 1. The molecule has 0 unspecified atom stereocenters. The first kappa shape index (κ1) is 18.0. The summed E-state index contributed by atoms with van der Waals surface area (Å²) >= 11 is 11.8. The fourth-order valence-corrected chi connectivity index (χ4v) is 2.57. The third kappa shape index (κ3) is 3.71. The Morgan fingerprint density at radius 2 is 1.96 bits per heavy atom. The largest absolute Gasteiger partial charge is 0.292 e. The molecule has 0 saturated heterocycles. The molecule has 8 nitrogen and oxygen atoms in total. The molecule has 0 aliphatic carbocycles. The van der Waals surface area contributed by atoms with Crippen LogP contribution in [0.4, 0.5) is 5.69 Å². The van der Waals surface area contributed by atoms with Gasteiger partial charge in [0.2, 0.25) is 5.82 Å². The van der Waals surface area contributed by atoms with Crippen molar-refractivity contribution in [3.05, 3.63) is 67.7 Å². The second-order valence-corrected chi connectivity index (χ2v) is 6.27. The van der Waals surface area contributed by atoms with Crippen molar-refractivity contribution in [1.82, 2.24) is 20.2 Å². The van der Waals surface area contributed by atoms with Gasteiger partial charge in [0.1, 0.15) is 11.6 Å². The maximum atomic E-state index is 12.3. The van der Waals surface area contributed by atoms with Gasteiger partial charge in [-0.15, -0.1) is 10.2 Å². The van der Waals surface area contributed by atoms with Crippen molar-refractivity contribution in [2.45, 2.75) is 13.5 Å². The molecule has 0 saturated carbocycles. The van der Waals surface area contributed by atoms with Gasteiger partial charge in [0.25, 0.3) is 5.69 Å². The fourth-order valence-electron chi connectivity index (χ4n) is 2.20. The lowest BCUT2D eigenvalue weighted by molar-refractivity contribution is -0.384. The number of rotatable bonds is 5. The van der Waals surface area contributed by atoms with Gasteiger partial charge < -0.3 is 0 Å². The Labute approximate surface area is 157 Å². The van der Waals surface area contributed by atoms with E-state index in [1.54, 1.807) is 12.1 Å². The van der Waals surface area contributed by atoms with E-state index in [2.05, 4.69) is 15.4 Å². The Hall–Kier alpha value is -2.84. The summed E-state index contributed by atoms with van der Waals surface area (Å²) in [6.07, 6.45) is 0. The van der Waals surface area contributed by atoms with Crippen LogP contribution in [0.1, 0.15) is 15.9 Å². The molecular weight excluding hydrogens is 381 g/mol. The van der Waals surface area contributed by atoms with Gasteiger partial charge in [0, 0.05) is 22.2 Å². The highest BCUT2D eigenvalue weighted by atomic mass is 35.5. The van der Waals surface area contributed by atoms with Gasteiger partial charge in [-0.2, -0.15) is 4.80 Å². The van der Waals surface area contributed by atoms with Crippen molar-refractivity contribution in [2.75, 3.05) is 0 Å². The molecule has 0 amide bonds. The van der Waals surface area contributed by atoms with E-state index in [1.165, 1.54) is 12.1 Å². The van der Waals surface area contributed by atoms with Crippen LogP contribution in [0.15, 0.2) is 36.4 Å². The van der Waals surface area contributed by atoms with E-state index < -0.39 is 10.7 Å². The summed E-state index contributed by atoms with van der Waals surface area (Å²) in [4.78, 5) is 23.7. The minimum absolute atomic E-state index is 0.0380. The quantitative estimate of drug-likeness (QED) is 0.372. The average Bonchev–Trinajstić information content (AvgIpc) is 3.05. The number of nitro benzene ring substituents is 1. The molecule has 0 bridgehead atoms. The van der Waals surface area contributed by atoms with Crippen LogP contribution in [0.3, 0.4) is 0 Å². The number of carbonyl (C=O) groups is 1. The maximum Gasteiger partial charge on any atom is 0.288 e. The van der Waals surface area contributed by atoms with Gasteiger partial charge in [-0.1, -0.05) is 35.3 Å². The zero-order valence-corrected chi connectivity index (χ0v) is 14.9. The summed E-state index contributed by atoms with van der Waals surface area (Å²) < 4.78 is 0. The minimum Gasteiger partial charge on any atom is -0.292 e. The molecule has 0 N–H and O–H groups in total. The molecule has 0 aliphatic heterocycles. The van der Waals surface area contributed by atoms with Crippen LogP contribution in [0.2, 0.25) is 10.0 Å². The van der Waals surface area contributed by atoms with Gasteiger partial charge >= 0.3 is 0 Å². The highest BCUT2D eigenvalue weighted by Gasteiger charge is 2.17. The average molecular weight is 392 g/mol. The number of aryl methyl sites for hydroxylation is 1. The normalized spacial score (nSPS) is 10.7. The minimum atomic E-state index is -0.647. The predicted molar refractivity (Wildman–Crippen MR) is 95.4 cm³/mol. The molecule has 132 valence electrons. The van der Waals surface area contributed by atoms with E-state index in [4.69, 9.17) is 23.2 Å². The standard InChI is InChI=1S/C16H11Cl2N5O3/c1-9-2-3-11(6-13(9)18)16-19-21-22(20-16)8-15(24)10-4-5-12(17)14(7-10)23(25)26/h2-7H,8H2,1H3. The number of nitrogens with zero attached hydrogens (tertiary/aromatic N) is 5. The molecule has 1 aromatic heterocycles. The lowest BCUT2D eigenvalue weighted by Gasteiger charge is -2.01. The van der Waals surface area contributed by atoms with Crippen LogP contribution >= 0.6 is 23.2 Å². The molecule has 0 spiro atoms. The van der Waals surface area contributed by atoms with Crippen LogP contribution < -0.4 is 0 Å². The smallest absolute Gasteiger partial charge is 0.288 e. The molecule has 0 radical (unpaired) electrons. The first-order valence-corrected chi connectivity index (χ1v) is 8.12. The second-order valence-electron chi connectivity index (χ2n) is 5.45. The number of ketones is 1. The van der Waals surface area contributed by atoms with Gasteiger partial charge in [0.05, 0.1) is 4.92 Å². The number of halogens is 2. The van der Waals surface area contributed by atoms with E-state index in [0.29, 0.717) is 16.4 Å². The Morgan fingerprint density at radius 1 is 1.19 bits per heavy atom. The Bertz CT molecular complexity index is 1020. The summed E-state index contributed by atoms with van der Waals surface area (Å²) in [6.45, 7) is 1.66. The molecule has 0 atom stereocenters. The predicted octanol–water partition coefficient (Wildman–Crippen LogP) is 3.75. The van der Waals surface area contributed by atoms with E-state index in [0.717, 1.165) is 16.4 Å². The van der Waals surface area contributed by atoms with Gasteiger partial charge in [0.15, 0.2) is 5.78 Å². The zero-order valence-electron chi connectivity index (χ0n) is 13.4. The van der Waals surface area contributed by atoms with Gasteiger partial charge in [-0.25, -0.2) is 0 Å². The van der Waals surface area contributed by atoms with Crippen molar-refractivity contribution < 1.29 is 9.72 Å². The highest BCUT2D eigenvalue weighted by Crippen LogP contribution is 2.25. The monoisotopic (exact) mass is 391 g/mol. The number of nitro groups is 1. The summed E-state index contributed by atoms with van der Waals surface area (Å²) in [5, 5.41) is 23.3. The Balaban J connectivity index is 1.81. The second kappa shape index (κ2) is 7.19. The summed E-state index contributed by atoms with van der Waals surface area (Å²) in [6, 6.07) is 9.19. The molecule has 10 heteroatoms. The van der Waals surface area contributed by atoms with E-state index >= 15 is 0 Å². The Kier molecular flexibility index (Phi) is 4.97. The van der Waals surface area contributed by atoms with Crippen molar-refractivity contribution in [2.24, 2.45) is 0 Å². The summed E-state index contributed by atoms with van der Waals surface area (Å²) in [5.41, 5.74) is 1.39. The zero-order chi connectivity index (χ0) is 18.8. The lowest BCUT2D eigenvalue weighted by Crippen LogP contribution is -2.13. The first-order valence-electron chi connectivity index (χ1n) is 7.36. The van der Waals surface area contributed by atoms with Crippen LogP contribution in [0, 0.1) is 17.0 Å². The number of tetrazole rings is 1. The third-order valence-corrected chi connectivity index (χ3v) is 4.36. The molecule has 1 heterocycles. The maximum absolute atomic E-state index is 12.3. The van der Waals surface area contributed by atoms with Crippen molar-refractivity contribution in [3.8, 4) is 11.4 Å². The van der Waals surface area contributed by atoms with E-state index in [9.17, 15) is 14.9 Å². The number of benzene rings is 2. The number of hydrogen-bond acceptors (Lipinski definition) is 6. The SMILES string of the molecule is Cc1ccc(-c2nnn(CC(=O)c3ccc(Cl)c([N+](=O)[O-])c3)n2)cc1Cl. The number of carbonyl (C=O) groups excluding carboxylic acids is 1. The lowest BCUT2D eigenvalue weighted by atomic mass is 10.1. The third-order valence-electron chi connectivity index (χ3n) is 3.63. The van der Waals surface area contributed by atoms with Gasteiger partial charge in [-0.05, 0) is 35.9 Å². The van der Waals surface area contributed by atoms with Gasteiger partial charge in [-0.3, -0.25) is 14.9 Å². The topological polar surface area (TPSA) is 104 Å². The van der Waals surface area contributed by atoms with Crippen LogP contribution in [-0.4, -0.2) is 30.9 Å². The fraction of sp³-hybridized carbons (Fsp3) is 0.125. The van der Waals surface area contributed by atoms with E-state index in [1.807, 2.05) is 13.0 Å². The molecule has 3 aromatic rings. The summed E-state index contributed by atoms with van der Waals surface area (Å²) in [5.74, 6) is -0.0857. The number of aromatic nitrogens is 4. The first-order chi connectivity index (χ1) is 12.3. The molecular formula is C16H11Cl2N5O3. The highest BCUT2D eigenvalue weighted by molar-refractivity contribution is 6.32. The van der Waals surface area contributed by atoms with Crippen LogP contribution in [-0.2, 0) is 6.54 Å².